The molecular weight excluding hydrogens is 628 g/mol. The Morgan fingerprint density at radius 2 is 1.65 bits per heavy atom. The van der Waals surface area contributed by atoms with Gasteiger partial charge in [0.05, 0.1) is 17.5 Å². The van der Waals surface area contributed by atoms with Crippen LogP contribution in [0.2, 0.25) is 0 Å². The standard InChI is InChI=1S/C36H44N6O5S/c1-25-10-9-23-40(24-25)48(45,46)31-21-17-29(18-22-31)41(36(44)26(2)42-33-14-8-7-13-32(33)38-39-42)34(27-15-19-30(47-3)20-16-27)35(43)37-28-11-5-4-6-12-28/h7-8,13-22,25-26,28,34H,4-6,9-12,23-24H2,1-3H3,(H,37,43)/t25-,26+,34-/m1/s1. The summed E-state index contributed by atoms with van der Waals surface area (Å²) in [5.41, 5.74) is 2.31. The van der Waals surface area contributed by atoms with E-state index in [1.54, 1.807) is 55.1 Å². The molecule has 1 N–H and O–H groups in total. The van der Waals surface area contributed by atoms with Gasteiger partial charge in [-0.25, -0.2) is 13.1 Å². The Hall–Kier alpha value is -4.29. The second kappa shape index (κ2) is 14.4. The van der Waals surface area contributed by atoms with Crippen LogP contribution in [0.5, 0.6) is 5.75 Å². The summed E-state index contributed by atoms with van der Waals surface area (Å²) in [6, 6.07) is 18.9. The molecule has 1 aromatic heterocycles. The minimum absolute atomic E-state index is 0.0000799. The lowest BCUT2D eigenvalue weighted by molar-refractivity contribution is -0.128. The topological polar surface area (TPSA) is 127 Å². The molecule has 0 unspecified atom stereocenters. The maximum absolute atomic E-state index is 14.8. The van der Waals surface area contributed by atoms with Crippen molar-refractivity contribution in [3.8, 4) is 5.75 Å². The third-order valence-electron chi connectivity index (χ3n) is 9.60. The number of nitrogens with one attached hydrogen (secondary N) is 1. The average molecular weight is 673 g/mol. The van der Waals surface area contributed by atoms with Gasteiger partial charge in [-0.1, -0.05) is 55.7 Å². The first kappa shape index (κ1) is 33.6. The Morgan fingerprint density at radius 3 is 2.33 bits per heavy atom. The van der Waals surface area contributed by atoms with Crippen LogP contribution < -0.4 is 15.0 Å². The van der Waals surface area contributed by atoms with Gasteiger partial charge in [-0.3, -0.25) is 14.5 Å². The first-order chi connectivity index (χ1) is 23.2. The number of carbonyl (C=O) groups is 2. The number of hydrogen-bond acceptors (Lipinski definition) is 7. The number of fused-ring (bicyclic) bond motifs is 1. The largest absolute Gasteiger partial charge is 0.497 e. The number of ether oxygens (including phenoxy) is 1. The van der Waals surface area contributed by atoms with Gasteiger partial charge in [0.1, 0.15) is 23.3 Å². The molecule has 1 aliphatic carbocycles. The normalized spacial score (nSPS) is 19.0. The minimum Gasteiger partial charge on any atom is -0.497 e. The van der Waals surface area contributed by atoms with Crippen molar-refractivity contribution in [2.75, 3.05) is 25.1 Å². The van der Waals surface area contributed by atoms with Gasteiger partial charge >= 0.3 is 0 Å². The van der Waals surface area contributed by atoms with Crippen LogP contribution in [0.1, 0.15) is 76.4 Å². The van der Waals surface area contributed by atoms with Gasteiger partial charge < -0.3 is 10.1 Å². The Bertz CT molecular complexity index is 1840. The fraction of sp³-hybridized carbons (Fsp3) is 0.444. The molecule has 2 heterocycles. The maximum Gasteiger partial charge on any atom is 0.252 e. The lowest BCUT2D eigenvalue weighted by Crippen LogP contribution is -2.49. The van der Waals surface area contributed by atoms with Crippen LogP contribution in [-0.4, -0.2) is 65.8 Å². The summed E-state index contributed by atoms with van der Waals surface area (Å²) in [5.74, 6) is 0.191. The highest BCUT2D eigenvalue weighted by Crippen LogP contribution is 2.34. The van der Waals surface area contributed by atoms with Gasteiger partial charge in [0, 0.05) is 24.8 Å². The van der Waals surface area contributed by atoms with E-state index in [1.807, 2.05) is 24.3 Å². The molecule has 0 bridgehead atoms. The number of rotatable bonds is 10. The number of methoxy groups -OCH3 is 1. The number of piperidine rings is 1. The van der Waals surface area contributed by atoms with Gasteiger partial charge in [0.2, 0.25) is 15.9 Å². The van der Waals surface area contributed by atoms with E-state index >= 15 is 0 Å². The summed E-state index contributed by atoms with van der Waals surface area (Å²) >= 11 is 0. The second-order valence-corrected chi connectivity index (χ2v) is 15.0. The summed E-state index contributed by atoms with van der Waals surface area (Å²) in [4.78, 5) is 30.8. The summed E-state index contributed by atoms with van der Waals surface area (Å²) in [7, 11) is -2.16. The Kier molecular flexibility index (Phi) is 10.1. The second-order valence-electron chi connectivity index (χ2n) is 13.0. The fourth-order valence-electron chi connectivity index (χ4n) is 6.91. The van der Waals surface area contributed by atoms with E-state index in [9.17, 15) is 18.0 Å². The Balaban J connectivity index is 1.43. The average Bonchev–Trinajstić information content (AvgIpc) is 3.55. The van der Waals surface area contributed by atoms with E-state index < -0.39 is 28.0 Å². The molecule has 2 fully saturated rings. The smallest absolute Gasteiger partial charge is 0.252 e. The van der Waals surface area contributed by atoms with Crippen LogP contribution in [0.3, 0.4) is 0 Å². The molecule has 48 heavy (non-hydrogen) atoms. The van der Waals surface area contributed by atoms with Crippen LogP contribution in [0.25, 0.3) is 11.0 Å². The van der Waals surface area contributed by atoms with Crippen LogP contribution in [0.15, 0.2) is 77.7 Å². The number of sulfonamides is 1. The molecule has 254 valence electrons. The zero-order valence-corrected chi connectivity index (χ0v) is 28.6. The highest BCUT2D eigenvalue weighted by Gasteiger charge is 2.38. The van der Waals surface area contributed by atoms with Gasteiger partial charge in [0.15, 0.2) is 0 Å². The van der Waals surface area contributed by atoms with Gasteiger partial charge in [0.25, 0.3) is 5.91 Å². The van der Waals surface area contributed by atoms with Crippen molar-refractivity contribution in [1.29, 1.82) is 0 Å². The Morgan fingerprint density at radius 1 is 0.938 bits per heavy atom. The summed E-state index contributed by atoms with van der Waals surface area (Å²) < 4.78 is 35.8. The Labute approximate surface area is 282 Å². The zero-order valence-electron chi connectivity index (χ0n) is 27.8. The number of benzene rings is 3. The van der Waals surface area contributed by atoms with Crippen LogP contribution in [0.4, 0.5) is 5.69 Å². The predicted molar refractivity (Wildman–Crippen MR) is 184 cm³/mol. The zero-order chi connectivity index (χ0) is 33.8. The summed E-state index contributed by atoms with van der Waals surface area (Å²) in [6.45, 7) is 4.74. The molecule has 12 heteroatoms. The monoisotopic (exact) mass is 672 g/mol. The SMILES string of the molecule is COc1ccc([C@H](C(=O)NC2CCCCC2)N(C(=O)[C@H](C)n2nnc3ccccc32)c2ccc(S(=O)(=O)N3CCC[C@@H](C)C3)cc2)cc1. The first-order valence-electron chi connectivity index (χ1n) is 16.8. The lowest BCUT2D eigenvalue weighted by atomic mass is 9.94. The third kappa shape index (κ3) is 6.95. The van der Waals surface area contributed by atoms with E-state index in [0.29, 0.717) is 41.1 Å². The highest BCUT2D eigenvalue weighted by atomic mass is 32.2. The van der Waals surface area contributed by atoms with Crippen LogP contribution >= 0.6 is 0 Å². The van der Waals surface area contributed by atoms with Crippen molar-refractivity contribution < 1.29 is 22.7 Å². The highest BCUT2D eigenvalue weighted by molar-refractivity contribution is 7.89. The molecule has 2 aliphatic rings. The number of hydrogen-bond donors (Lipinski definition) is 1. The molecule has 1 saturated heterocycles. The van der Waals surface area contributed by atoms with Crippen LogP contribution in [0, 0.1) is 5.92 Å². The molecule has 0 spiro atoms. The number of anilines is 1. The molecule has 6 rings (SSSR count). The molecule has 11 nitrogen and oxygen atoms in total. The summed E-state index contributed by atoms with van der Waals surface area (Å²) in [5, 5.41) is 11.8. The van der Waals surface area contributed by atoms with Crippen molar-refractivity contribution in [1.82, 2.24) is 24.6 Å². The first-order valence-corrected chi connectivity index (χ1v) is 18.3. The number of para-hydroxylation sites is 1. The minimum atomic E-state index is -3.74. The molecule has 3 atom stereocenters. The number of amides is 2. The fourth-order valence-corrected chi connectivity index (χ4v) is 8.50. The van der Waals surface area contributed by atoms with Crippen LogP contribution in [-0.2, 0) is 19.6 Å². The summed E-state index contributed by atoms with van der Waals surface area (Å²) in [6.07, 6.45) is 6.75. The predicted octanol–water partition coefficient (Wildman–Crippen LogP) is 5.64. The molecule has 3 aromatic carbocycles. The molecule has 2 amide bonds. The van der Waals surface area contributed by atoms with Crippen molar-refractivity contribution >= 4 is 38.6 Å². The quantitative estimate of drug-likeness (QED) is 0.231. The van der Waals surface area contributed by atoms with Crippen molar-refractivity contribution in [2.24, 2.45) is 5.92 Å². The van der Waals surface area contributed by atoms with E-state index in [2.05, 4.69) is 22.6 Å². The van der Waals surface area contributed by atoms with Gasteiger partial charge in [-0.2, -0.15) is 4.31 Å². The molecule has 1 saturated carbocycles. The number of nitrogens with zero attached hydrogens (tertiary/aromatic N) is 5. The van der Waals surface area contributed by atoms with Gasteiger partial charge in [-0.05, 0) is 92.6 Å². The van der Waals surface area contributed by atoms with E-state index in [0.717, 1.165) is 44.9 Å². The molecule has 4 aromatic rings. The number of carbonyl (C=O) groups excluding carboxylic acids is 2. The molecular formula is C36H44N6O5S. The maximum atomic E-state index is 14.8. The van der Waals surface area contributed by atoms with E-state index in [4.69, 9.17) is 4.74 Å². The van der Waals surface area contributed by atoms with Crippen molar-refractivity contribution in [3.63, 3.8) is 0 Å². The van der Waals surface area contributed by atoms with E-state index in [-0.39, 0.29) is 22.8 Å². The van der Waals surface area contributed by atoms with Crippen molar-refractivity contribution in [3.05, 3.63) is 78.4 Å². The van der Waals surface area contributed by atoms with Crippen molar-refractivity contribution in [2.45, 2.75) is 81.8 Å². The van der Waals surface area contributed by atoms with Gasteiger partial charge in [-0.15, -0.1) is 5.10 Å². The van der Waals surface area contributed by atoms with E-state index in [1.165, 1.54) is 21.3 Å². The lowest BCUT2D eigenvalue weighted by Gasteiger charge is -2.35. The number of aromatic nitrogens is 3. The molecule has 0 radical (unpaired) electrons. The molecule has 1 aliphatic heterocycles. The third-order valence-corrected chi connectivity index (χ3v) is 11.5.